The minimum Gasteiger partial charge on any atom is -0.465 e. The van der Waals surface area contributed by atoms with Crippen molar-refractivity contribution in [3.8, 4) is 0 Å². The van der Waals surface area contributed by atoms with Gasteiger partial charge in [0.2, 0.25) is 0 Å². The minimum atomic E-state index is -1.26. The fourth-order valence-electron chi connectivity index (χ4n) is 2.48. The van der Waals surface area contributed by atoms with Gasteiger partial charge in [-0.1, -0.05) is 13.0 Å². The average Bonchev–Trinajstić information content (AvgIpc) is 2.43. The van der Waals surface area contributed by atoms with Gasteiger partial charge >= 0.3 is 6.09 Å². The van der Waals surface area contributed by atoms with Gasteiger partial charge in [-0.05, 0) is 24.0 Å². The molecule has 3 unspecified atom stereocenters. The van der Waals surface area contributed by atoms with E-state index in [4.69, 9.17) is 5.11 Å². The first kappa shape index (κ1) is 14.9. The second kappa shape index (κ2) is 5.88. The summed E-state index contributed by atoms with van der Waals surface area (Å²) >= 11 is 0. The van der Waals surface area contributed by atoms with Crippen LogP contribution >= 0.6 is 0 Å². The molecule has 0 bridgehead atoms. The second-order valence-corrected chi connectivity index (χ2v) is 4.99. The van der Waals surface area contributed by atoms with Crippen LogP contribution in [0.3, 0.4) is 0 Å². The number of aliphatic hydroxyl groups is 1. The normalized spacial score (nSPS) is 25.0. The number of allylic oxidation sites excluding steroid dienone is 1. The standard InChI is InChI=1S/C13H15N3O5/c1-7-4-8(5-10(12(7)17)15-13(18)19)9-2-3-14-6-11(9)16(20)21/h2-3,5-7,10,12,15,17H,4H2,1H3,(H,18,19). The summed E-state index contributed by atoms with van der Waals surface area (Å²) in [5.41, 5.74) is 0.882. The van der Waals surface area contributed by atoms with Crippen molar-refractivity contribution in [2.45, 2.75) is 25.5 Å². The van der Waals surface area contributed by atoms with Gasteiger partial charge in [-0.15, -0.1) is 0 Å². The molecule has 0 spiro atoms. The summed E-state index contributed by atoms with van der Waals surface area (Å²) in [7, 11) is 0. The summed E-state index contributed by atoms with van der Waals surface area (Å²) in [6, 6.07) is 0.723. The van der Waals surface area contributed by atoms with Crippen LogP contribution in [-0.2, 0) is 0 Å². The van der Waals surface area contributed by atoms with Gasteiger partial charge in [0.25, 0.3) is 5.69 Å². The maximum absolute atomic E-state index is 11.0. The van der Waals surface area contributed by atoms with Gasteiger partial charge in [0.15, 0.2) is 0 Å². The van der Waals surface area contributed by atoms with Gasteiger partial charge in [0, 0.05) is 6.20 Å². The molecular formula is C13H15N3O5. The van der Waals surface area contributed by atoms with E-state index in [-0.39, 0.29) is 11.6 Å². The van der Waals surface area contributed by atoms with Crippen molar-refractivity contribution >= 4 is 17.4 Å². The number of rotatable bonds is 3. The van der Waals surface area contributed by atoms with Crippen LogP contribution in [0.1, 0.15) is 18.9 Å². The highest BCUT2D eigenvalue weighted by Crippen LogP contribution is 2.35. The Morgan fingerprint density at radius 1 is 1.57 bits per heavy atom. The Kier molecular flexibility index (Phi) is 4.18. The lowest BCUT2D eigenvalue weighted by Crippen LogP contribution is -2.46. The first-order valence-electron chi connectivity index (χ1n) is 6.37. The van der Waals surface area contributed by atoms with Crippen molar-refractivity contribution in [1.29, 1.82) is 0 Å². The van der Waals surface area contributed by atoms with E-state index < -0.39 is 23.2 Å². The smallest absolute Gasteiger partial charge is 0.405 e. The van der Waals surface area contributed by atoms with Crippen LogP contribution in [0.15, 0.2) is 24.5 Å². The molecule has 0 saturated heterocycles. The predicted molar refractivity (Wildman–Crippen MR) is 73.6 cm³/mol. The van der Waals surface area contributed by atoms with E-state index in [1.54, 1.807) is 6.92 Å². The molecule has 0 radical (unpaired) electrons. The Morgan fingerprint density at radius 3 is 2.90 bits per heavy atom. The van der Waals surface area contributed by atoms with Crippen LogP contribution < -0.4 is 5.32 Å². The fourth-order valence-corrected chi connectivity index (χ4v) is 2.48. The number of nitro groups is 1. The maximum atomic E-state index is 11.0. The third-order valence-electron chi connectivity index (χ3n) is 3.51. The van der Waals surface area contributed by atoms with Crippen molar-refractivity contribution in [2.75, 3.05) is 0 Å². The first-order chi connectivity index (χ1) is 9.90. The first-order valence-corrected chi connectivity index (χ1v) is 6.37. The molecule has 1 aliphatic carbocycles. The topological polar surface area (TPSA) is 126 Å². The van der Waals surface area contributed by atoms with Gasteiger partial charge in [-0.3, -0.25) is 15.1 Å². The molecule has 1 heterocycles. The molecule has 1 aromatic heterocycles. The van der Waals surface area contributed by atoms with Crippen molar-refractivity contribution < 1.29 is 19.9 Å². The van der Waals surface area contributed by atoms with Crippen LogP contribution in [0, 0.1) is 16.0 Å². The van der Waals surface area contributed by atoms with Gasteiger partial charge < -0.3 is 15.5 Å². The molecule has 0 aliphatic heterocycles. The average molecular weight is 293 g/mol. The highest BCUT2D eigenvalue weighted by atomic mass is 16.6. The van der Waals surface area contributed by atoms with Crippen LogP contribution in [0.25, 0.3) is 5.57 Å². The number of carbonyl (C=O) groups is 1. The second-order valence-electron chi connectivity index (χ2n) is 4.99. The molecule has 1 amide bonds. The molecule has 3 N–H and O–H groups in total. The van der Waals surface area contributed by atoms with Crippen molar-refractivity contribution in [3.63, 3.8) is 0 Å². The summed E-state index contributed by atoms with van der Waals surface area (Å²) in [4.78, 5) is 25.0. The number of aromatic nitrogens is 1. The fraction of sp³-hybridized carbons (Fsp3) is 0.385. The highest BCUT2D eigenvalue weighted by molar-refractivity contribution is 5.75. The summed E-state index contributed by atoms with van der Waals surface area (Å²) in [5, 5.41) is 32.1. The minimum absolute atomic E-state index is 0.138. The molecule has 3 atom stereocenters. The van der Waals surface area contributed by atoms with Gasteiger partial charge in [-0.25, -0.2) is 4.79 Å². The molecule has 0 aromatic carbocycles. The molecule has 8 heteroatoms. The van der Waals surface area contributed by atoms with Crippen LogP contribution in [0.2, 0.25) is 0 Å². The van der Waals surface area contributed by atoms with E-state index in [2.05, 4.69) is 10.3 Å². The van der Waals surface area contributed by atoms with E-state index in [1.165, 1.54) is 18.3 Å². The van der Waals surface area contributed by atoms with E-state index >= 15 is 0 Å². The van der Waals surface area contributed by atoms with Crippen molar-refractivity contribution in [1.82, 2.24) is 10.3 Å². The lowest BCUT2D eigenvalue weighted by molar-refractivity contribution is -0.385. The number of nitrogens with zero attached hydrogens (tertiary/aromatic N) is 2. The third-order valence-corrected chi connectivity index (χ3v) is 3.51. The van der Waals surface area contributed by atoms with Gasteiger partial charge in [0.05, 0.1) is 22.6 Å². The van der Waals surface area contributed by atoms with E-state index in [9.17, 15) is 20.0 Å². The Balaban J connectivity index is 2.43. The zero-order valence-corrected chi connectivity index (χ0v) is 11.3. The predicted octanol–water partition coefficient (Wildman–Crippen LogP) is 1.41. The third kappa shape index (κ3) is 3.16. The van der Waals surface area contributed by atoms with Crippen molar-refractivity contribution in [3.05, 3.63) is 40.2 Å². The molecule has 112 valence electrons. The largest absolute Gasteiger partial charge is 0.465 e. The van der Waals surface area contributed by atoms with Crippen LogP contribution in [0.5, 0.6) is 0 Å². The lowest BCUT2D eigenvalue weighted by Gasteiger charge is -2.31. The highest BCUT2D eigenvalue weighted by Gasteiger charge is 2.32. The Bertz CT molecular complexity index is 601. The number of amides is 1. The van der Waals surface area contributed by atoms with Crippen LogP contribution in [0.4, 0.5) is 10.5 Å². The molecule has 0 saturated carbocycles. The zero-order valence-electron chi connectivity index (χ0n) is 11.3. The van der Waals surface area contributed by atoms with E-state index in [0.717, 1.165) is 6.20 Å². The zero-order chi connectivity index (χ0) is 15.6. The number of pyridine rings is 1. The Labute approximate surface area is 120 Å². The monoisotopic (exact) mass is 293 g/mol. The van der Waals surface area contributed by atoms with Gasteiger partial charge in [0.1, 0.15) is 6.20 Å². The number of carboxylic acid groups (broad SMARTS) is 1. The van der Waals surface area contributed by atoms with Crippen molar-refractivity contribution in [2.24, 2.45) is 5.92 Å². The summed E-state index contributed by atoms with van der Waals surface area (Å²) in [5.74, 6) is -0.227. The number of nitrogens with one attached hydrogen (secondary N) is 1. The summed E-state index contributed by atoms with van der Waals surface area (Å²) in [6.07, 6.45) is 2.42. The Hall–Kier alpha value is -2.48. The molecular weight excluding hydrogens is 278 g/mol. The SMILES string of the molecule is CC1CC(c2ccncc2[N+](=O)[O-])=CC(NC(=O)O)C1O. The van der Waals surface area contributed by atoms with Crippen LogP contribution in [-0.4, -0.2) is 38.4 Å². The van der Waals surface area contributed by atoms with E-state index in [1.807, 2.05) is 0 Å². The molecule has 8 nitrogen and oxygen atoms in total. The van der Waals surface area contributed by atoms with E-state index in [0.29, 0.717) is 17.6 Å². The van der Waals surface area contributed by atoms with Gasteiger partial charge in [-0.2, -0.15) is 0 Å². The molecule has 2 rings (SSSR count). The Morgan fingerprint density at radius 2 is 2.29 bits per heavy atom. The molecule has 1 aromatic rings. The lowest BCUT2D eigenvalue weighted by atomic mass is 9.82. The summed E-state index contributed by atoms with van der Waals surface area (Å²) < 4.78 is 0. The molecule has 21 heavy (non-hydrogen) atoms. The number of aliphatic hydroxyl groups excluding tert-OH is 1. The number of hydrogen-bond donors (Lipinski definition) is 3. The summed E-state index contributed by atoms with van der Waals surface area (Å²) in [6.45, 7) is 1.77. The molecule has 1 aliphatic rings. The quantitative estimate of drug-likeness (QED) is 0.571. The molecule has 0 fully saturated rings. The number of hydrogen-bond acceptors (Lipinski definition) is 5. The maximum Gasteiger partial charge on any atom is 0.405 e.